The van der Waals surface area contributed by atoms with Crippen molar-refractivity contribution in [3.05, 3.63) is 53.7 Å². The number of aliphatic hydroxyl groups excluding tert-OH is 1. The van der Waals surface area contributed by atoms with Gasteiger partial charge in [-0.15, -0.1) is 8.78 Å². The van der Waals surface area contributed by atoms with E-state index in [1.807, 2.05) is 43.5 Å². The second-order valence-corrected chi connectivity index (χ2v) is 13.1. The first-order valence-electron chi connectivity index (χ1n) is 12.5. The zero-order valence-corrected chi connectivity index (χ0v) is 22.9. The molecule has 1 aliphatic heterocycles. The smallest absolute Gasteiger partial charge is 0.395 e. The van der Waals surface area contributed by atoms with Gasteiger partial charge in [-0.3, -0.25) is 4.79 Å². The Morgan fingerprint density at radius 3 is 2.46 bits per heavy atom. The number of benzene rings is 2. The average molecular weight is 566 g/mol. The van der Waals surface area contributed by atoms with Gasteiger partial charge in [0.1, 0.15) is 0 Å². The molecule has 0 bridgehead atoms. The van der Waals surface area contributed by atoms with E-state index in [1.54, 1.807) is 12.1 Å². The van der Waals surface area contributed by atoms with Gasteiger partial charge in [0.25, 0.3) is 0 Å². The highest BCUT2D eigenvalue weighted by Crippen LogP contribution is 2.52. The first-order chi connectivity index (χ1) is 18.1. The summed E-state index contributed by atoms with van der Waals surface area (Å²) in [5.74, 6) is -0.407. The van der Waals surface area contributed by atoms with Crippen LogP contribution >= 0.6 is 0 Å². The molecule has 1 aromatic heterocycles. The molecule has 12 heteroatoms. The molecule has 1 aliphatic carbocycles. The third-order valence-electron chi connectivity index (χ3n) is 7.04. The molecule has 39 heavy (non-hydrogen) atoms. The summed E-state index contributed by atoms with van der Waals surface area (Å²) in [5.41, 5.74) is 1.80. The number of halogens is 2. The van der Waals surface area contributed by atoms with E-state index in [9.17, 15) is 27.1 Å². The summed E-state index contributed by atoms with van der Waals surface area (Å²) in [4.78, 5) is 13.4. The number of aliphatic hydroxyl groups is 1. The van der Waals surface area contributed by atoms with E-state index in [0.29, 0.717) is 24.1 Å². The molecule has 1 amide bonds. The SMILES string of the molecule is CC(C)(C)c1cc2cc(NC(=O)C3(c4ccc5c(c4)OC(F)(F)O5)CC3)ccc2n1CC(O)CNS(C)(=O)=O.[HH]. The molecule has 0 spiro atoms. The van der Waals surface area contributed by atoms with E-state index in [4.69, 9.17) is 0 Å². The fraction of sp³-hybridized carbons (Fsp3) is 0.444. The van der Waals surface area contributed by atoms with Gasteiger partial charge in [-0.1, -0.05) is 26.8 Å². The number of hydrogen-bond donors (Lipinski definition) is 3. The molecular weight excluding hydrogens is 532 g/mol. The number of ether oxygens (including phenoxy) is 2. The summed E-state index contributed by atoms with van der Waals surface area (Å²) in [6.45, 7) is 6.19. The molecule has 3 N–H and O–H groups in total. The molecule has 1 fully saturated rings. The van der Waals surface area contributed by atoms with Gasteiger partial charge in [-0.05, 0) is 54.8 Å². The summed E-state index contributed by atoms with van der Waals surface area (Å²) in [7, 11) is -3.44. The fourth-order valence-electron chi connectivity index (χ4n) is 4.96. The van der Waals surface area contributed by atoms with Crippen molar-refractivity contribution in [1.82, 2.24) is 9.29 Å². The van der Waals surface area contributed by atoms with Crippen LogP contribution in [0.5, 0.6) is 11.5 Å². The molecule has 0 radical (unpaired) electrons. The molecule has 5 rings (SSSR count). The van der Waals surface area contributed by atoms with E-state index < -0.39 is 27.8 Å². The second kappa shape index (κ2) is 9.17. The van der Waals surface area contributed by atoms with Crippen molar-refractivity contribution in [1.29, 1.82) is 0 Å². The number of amides is 1. The Morgan fingerprint density at radius 1 is 1.13 bits per heavy atom. The van der Waals surface area contributed by atoms with E-state index in [2.05, 4.69) is 19.5 Å². The first-order valence-corrected chi connectivity index (χ1v) is 14.4. The van der Waals surface area contributed by atoms with Crippen molar-refractivity contribution in [2.24, 2.45) is 0 Å². The number of carbonyl (C=O) groups excluding carboxylic acids is 1. The van der Waals surface area contributed by atoms with Crippen LogP contribution in [0.3, 0.4) is 0 Å². The molecular formula is C27H33F2N3O6S. The van der Waals surface area contributed by atoms with Gasteiger partial charge in [-0.25, -0.2) is 13.1 Å². The van der Waals surface area contributed by atoms with Gasteiger partial charge in [0.05, 0.1) is 24.3 Å². The predicted molar refractivity (Wildman–Crippen MR) is 144 cm³/mol. The van der Waals surface area contributed by atoms with Crippen LogP contribution < -0.4 is 19.5 Å². The van der Waals surface area contributed by atoms with E-state index in [0.717, 1.165) is 22.9 Å². The Balaban J connectivity index is 0.00000370. The van der Waals surface area contributed by atoms with E-state index >= 15 is 0 Å². The van der Waals surface area contributed by atoms with Crippen LogP contribution in [-0.2, 0) is 32.2 Å². The third kappa shape index (κ3) is 5.59. The number of aromatic nitrogens is 1. The van der Waals surface area contributed by atoms with Crippen molar-refractivity contribution < 1.29 is 38.0 Å². The van der Waals surface area contributed by atoms with Crippen molar-refractivity contribution in [2.75, 3.05) is 18.1 Å². The number of alkyl halides is 2. The third-order valence-corrected chi connectivity index (χ3v) is 7.73. The maximum Gasteiger partial charge on any atom is 0.586 e. The summed E-state index contributed by atoms with van der Waals surface area (Å²) < 4.78 is 63.1. The van der Waals surface area contributed by atoms with Gasteiger partial charge >= 0.3 is 6.29 Å². The van der Waals surface area contributed by atoms with Crippen molar-refractivity contribution in [3.63, 3.8) is 0 Å². The standard InChI is InChI=1S/C27H31F2N3O6S.H2/c1-25(2,3)23-12-16-11-18(6-7-20(16)32(23)15-19(33)14-30-39(4,35)36)31-24(34)26(9-10-26)17-5-8-21-22(13-17)38-27(28,29)37-21;/h5-8,11-13,19,30,33H,9-10,14-15H2,1-4H3,(H,31,34);1H. The van der Waals surface area contributed by atoms with Gasteiger partial charge in [-0.2, -0.15) is 0 Å². The Kier molecular flexibility index (Phi) is 6.43. The van der Waals surface area contributed by atoms with Gasteiger partial charge in [0.2, 0.25) is 15.9 Å². The second-order valence-electron chi connectivity index (χ2n) is 11.3. The number of nitrogens with one attached hydrogen (secondary N) is 2. The van der Waals surface area contributed by atoms with Crippen LogP contribution in [0.4, 0.5) is 14.5 Å². The summed E-state index contributed by atoms with van der Waals surface area (Å²) in [6.07, 6.45) is -2.50. The number of carbonyl (C=O) groups is 1. The molecule has 212 valence electrons. The van der Waals surface area contributed by atoms with Crippen LogP contribution in [-0.4, -0.2) is 49.2 Å². The number of fused-ring (bicyclic) bond motifs is 2. The van der Waals surface area contributed by atoms with Gasteiger partial charge in [0, 0.05) is 35.7 Å². The summed E-state index contributed by atoms with van der Waals surface area (Å²) >= 11 is 0. The zero-order chi connectivity index (χ0) is 28.4. The Hall–Kier alpha value is -3.22. The van der Waals surface area contributed by atoms with Crippen molar-refractivity contribution >= 4 is 32.5 Å². The highest BCUT2D eigenvalue weighted by atomic mass is 32.2. The number of hydrogen-bond acceptors (Lipinski definition) is 6. The predicted octanol–water partition coefficient (Wildman–Crippen LogP) is 4.09. The maximum atomic E-state index is 13.4. The molecule has 1 unspecified atom stereocenters. The molecule has 3 aromatic rings. The number of anilines is 1. The lowest BCUT2D eigenvalue weighted by atomic mass is 9.92. The summed E-state index contributed by atoms with van der Waals surface area (Å²) in [5, 5.41) is 14.3. The van der Waals surface area contributed by atoms with Crippen LogP contribution in [0.15, 0.2) is 42.5 Å². The molecule has 9 nitrogen and oxygen atoms in total. The lowest BCUT2D eigenvalue weighted by Crippen LogP contribution is -2.34. The van der Waals surface area contributed by atoms with Crippen LogP contribution in [0, 0.1) is 0 Å². The molecule has 0 saturated heterocycles. The monoisotopic (exact) mass is 565 g/mol. The maximum absolute atomic E-state index is 13.4. The number of rotatable bonds is 8. The average Bonchev–Trinajstić information content (AvgIpc) is 3.46. The highest BCUT2D eigenvalue weighted by Gasteiger charge is 2.52. The molecule has 1 atom stereocenters. The lowest BCUT2D eigenvalue weighted by molar-refractivity contribution is -0.286. The van der Waals surface area contributed by atoms with Crippen LogP contribution in [0.25, 0.3) is 10.9 Å². The number of sulfonamides is 1. The molecule has 2 heterocycles. The minimum Gasteiger partial charge on any atom is -0.395 e. The van der Waals surface area contributed by atoms with Gasteiger partial charge in [0.15, 0.2) is 11.5 Å². The van der Waals surface area contributed by atoms with Crippen molar-refractivity contribution in [2.45, 2.75) is 63.4 Å². The fourth-order valence-corrected chi connectivity index (χ4v) is 5.45. The first kappa shape index (κ1) is 27.4. The number of nitrogens with zero attached hydrogens (tertiary/aromatic N) is 1. The van der Waals surface area contributed by atoms with E-state index in [1.165, 1.54) is 12.1 Å². The van der Waals surface area contributed by atoms with E-state index in [-0.39, 0.29) is 37.3 Å². The highest BCUT2D eigenvalue weighted by molar-refractivity contribution is 7.88. The topological polar surface area (TPSA) is 119 Å². The minimum atomic E-state index is -3.72. The molecule has 1 saturated carbocycles. The molecule has 2 aromatic carbocycles. The summed E-state index contributed by atoms with van der Waals surface area (Å²) in [6, 6.07) is 11.9. The normalized spacial score (nSPS) is 18.2. The Morgan fingerprint density at radius 2 is 1.82 bits per heavy atom. The lowest BCUT2D eigenvalue weighted by Gasteiger charge is -2.24. The van der Waals surface area contributed by atoms with Gasteiger partial charge < -0.3 is 24.5 Å². The largest absolute Gasteiger partial charge is 0.586 e. The van der Waals surface area contributed by atoms with Crippen LogP contribution in [0.1, 0.15) is 46.3 Å². The minimum absolute atomic E-state index is 0. The Bertz CT molecular complexity index is 1560. The Labute approximate surface area is 226 Å². The van der Waals surface area contributed by atoms with Crippen LogP contribution in [0.2, 0.25) is 0 Å². The zero-order valence-electron chi connectivity index (χ0n) is 22.0. The molecule has 2 aliphatic rings. The van der Waals surface area contributed by atoms with Crippen molar-refractivity contribution in [3.8, 4) is 11.5 Å². The quantitative estimate of drug-likeness (QED) is 0.379.